The van der Waals surface area contributed by atoms with Crippen LogP contribution in [0.4, 0.5) is 0 Å². The fourth-order valence-corrected chi connectivity index (χ4v) is 4.72. The highest BCUT2D eigenvalue weighted by Gasteiger charge is 2.32. The van der Waals surface area contributed by atoms with E-state index in [1.165, 1.54) is 0 Å². The van der Waals surface area contributed by atoms with Gasteiger partial charge in [-0.15, -0.1) is 0 Å². The summed E-state index contributed by atoms with van der Waals surface area (Å²) in [5.74, 6) is 0.192. The molecule has 1 aromatic rings. The summed E-state index contributed by atoms with van der Waals surface area (Å²) in [6.45, 7) is 12.0. The molecule has 0 radical (unpaired) electrons. The molecule has 1 atom stereocenters. The average molecular weight is 443 g/mol. The third kappa shape index (κ3) is 6.09. The van der Waals surface area contributed by atoms with Crippen LogP contribution in [-0.2, 0) is 9.59 Å². The van der Waals surface area contributed by atoms with E-state index in [-0.39, 0.29) is 23.6 Å². The number of aryl methyl sites for hydroxylation is 1. The number of amides is 3. The highest BCUT2D eigenvalue weighted by atomic mass is 16.2. The number of nitrogens with zero attached hydrogens (tertiary/aromatic N) is 4. The van der Waals surface area contributed by atoms with Crippen LogP contribution in [-0.4, -0.2) is 96.2 Å². The Labute approximate surface area is 192 Å². The normalized spacial score (nSPS) is 20.0. The Balaban J connectivity index is 1.54. The SMILES string of the molecule is CCN(CC)C(=O)CN1CCCN(C(=O)C2CCCN(C(=O)c3ccc(C)cc3)C2)CC1. The van der Waals surface area contributed by atoms with Crippen LogP contribution in [0.3, 0.4) is 0 Å². The second-order valence-corrected chi connectivity index (χ2v) is 8.98. The standard InChI is InChI=1S/C25H38N4O3/c1-4-27(5-2)23(30)19-26-13-7-15-28(17-16-26)25(32)22-8-6-14-29(18-22)24(31)21-11-9-20(3)10-12-21/h9-12,22H,4-8,13-19H2,1-3H3. The topological polar surface area (TPSA) is 64.2 Å². The van der Waals surface area contributed by atoms with Gasteiger partial charge in [0.25, 0.3) is 5.91 Å². The van der Waals surface area contributed by atoms with Gasteiger partial charge in [0.15, 0.2) is 0 Å². The Kier molecular flexibility index (Phi) is 8.67. The predicted molar refractivity (Wildman–Crippen MR) is 125 cm³/mol. The first-order valence-corrected chi connectivity index (χ1v) is 12.1. The van der Waals surface area contributed by atoms with Crippen molar-refractivity contribution in [3.05, 3.63) is 35.4 Å². The van der Waals surface area contributed by atoms with Crippen LogP contribution < -0.4 is 0 Å². The van der Waals surface area contributed by atoms with Crippen molar-refractivity contribution in [2.45, 2.75) is 40.0 Å². The van der Waals surface area contributed by atoms with Crippen molar-refractivity contribution < 1.29 is 14.4 Å². The van der Waals surface area contributed by atoms with Crippen LogP contribution in [0.1, 0.15) is 49.0 Å². The third-order valence-corrected chi connectivity index (χ3v) is 6.73. The van der Waals surface area contributed by atoms with Crippen LogP contribution in [0.2, 0.25) is 0 Å². The van der Waals surface area contributed by atoms with Crippen LogP contribution >= 0.6 is 0 Å². The van der Waals surface area contributed by atoms with Gasteiger partial charge in [0.1, 0.15) is 0 Å². The summed E-state index contributed by atoms with van der Waals surface area (Å²) in [7, 11) is 0. The maximum atomic E-state index is 13.3. The molecule has 32 heavy (non-hydrogen) atoms. The third-order valence-electron chi connectivity index (χ3n) is 6.73. The fourth-order valence-electron chi connectivity index (χ4n) is 4.72. The Morgan fingerprint density at radius 1 is 0.906 bits per heavy atom. The Bertz CT molecular complexity index is 791. The van der Waals surface area contributed by atoms with Crippen LogP contribution in [0.5, 0.6) is 0 Å². The van der Waals surface area contributed by atoms with Crippen LogP contribution in [0.25, 0.3) is 0 Å². The van der Waals surface area contributed by atoms with Gasteiger partial charge in [-0.3, -0.25) is 19.3 Å². The molecule has 3 amide bonds. The lowest BCUT2D eigenvalue weighted by atomic mass is 9.95. The number of carbonyl (C=O) groups is 3. The van der Waals surface area contributed by atoms with E-state index in [4.69, 9.17) is 0 Å². The molecule has 0 aliphatic carbocycles. The molecule has 2 aliphatic rings. The summed E-state index contributed by atoms with van der Waals surface area (Å²) in [6, 6.07) is 7.64. The van der Waals surface area contributed by atoms with E-state index in [1.54, 1.807) is 0 Å². The number of likely N-dealkylation sites (N-methyl/N-ethyl adjacent to an activating group) is 1. The molecule has 0 bridgehead atoms. The molecule has 1 aromatic carbocycles. The van der Waals surface area contributed by atoms with Crippen molar-refractivity contribution in [2.24, 2.45) is 5.92 Å². The van der Waals surface area contributed by atoms with Gasteiger partial charge in [-0.05, 0) is 52.2 Å². The highest BCUT2D eigenvalue weighted by molar-refractivity contribution is 5.94. The summed E-state index contributed by atoms with van der Waals surface area (Å²) in [5.41, 5.74) is 1.81. The predicted octanol–water partition coefficient (Wildman–Crippen LogP) is 2.25. The summed E-state index contributed by atoms with van der Waals surface area (Å²) in [5, 5.41) is 0. The van der Waals surface area contributed by atoms with Crippen molar-refractivity contribution >= 4 is 17.7 Å². The summed E-state index contributed by atoms with van der Waals surface area (Å²) in [4.78, 5) is 46.5. The molecule has 2 fully saturated rings. The molecular formula is C25H38N4O3. The molecule has 2 heterocycles. The molecular weight excluding hydrogens is 404 g/mol. The zero-order valence-corrected chi connectivity index (χ0v) is 19.9. The number of rotatable bonds is 6. The zero-order valence-electron chi connectivity index (χ0n) is 19.9. The van der Waals surface area contributed by atoms with Crippen molar-refractivity contribution in [3.8, 4) is 0 Å². The van der Waals surface area contributed by atoms with E-state index < -0.39 is 0 Å². The molecule has 2 saturated heterocycles. The van der Waals surface area contributed by atoms with Crippen molar-refractivity contribution in [2.75, 3.05) is 58.9 Å². The van der Waals surface area contributed by atoms with E-state index in [9.17, 15) is 14.4 Å². The van der Waals surface area contributed by atoms with Gasteiger partial charge in [-0.2, -0.15) is 0 Å². The fraction of sp³-hybridized carbons (Fsp3) is 0.640. The number of carbonyl (C=O) groups excluding carboxylic acids is 3. The Morgan fingerprint density at radius 3 is 2.28 bits per heavy atom. The molecule has 7 heteroatoms. The van der Waals surface area contributed by atoms with Crippen molar-refractivity contribution in [1.29, 1.82) is 0 Å². The number of piperidine rings is 1. The van der Waals surface area contributed by atoms with Gasteiger partial charge in [0, 0.05) is 57.9 Å². The summed E-state index contributed by atoms with van der Waals surface area (Å²) < 4.78 is 0. The molecule has 3 rings (SSSR count). The van der Waals surface area contributed by atoms with Gasteiger partial charge in [-0.1, -0.05) is 17.7 Å². The lowest BCUT2D eigenvalue weighted by molar-refractivity contribution is -0.136. The number of hydrogen-bond acceptors (Lipinski definition) is 4. The summed E-state index contributed by atoms with van der Waals surface area (Å²) >= 11 is 0. The van der Waals surface area contributed by atoms with Gasteiger partial charge in [0.05, 0.1) is 12.5 Å². The molecule has 0 aromatic heterocycles. The molecule has 2 aliphatic heterocycles. The van der Waals surface area contributed by atoms with Gasteiger partial charge in [-0.25, -0.2) is 0 Å². The first kappa shape index (κ1) is 24.2. The zero-order chi connectivity index (χ0) is 23.1. The van der Waals surface area contributed by atoms with Crippen LogP contribution in [0.15, 0.2) is 24.3 Å². The maximum Gasteiger partial charge on any atom is 0.253 e. The minimum absolute atomic E-state index is 0.0134. The Hall–Kier alpha value is -2.41. The smallest absolute Gasteiger partial charge is 0.253 e. The highest BCUT2D eigenvalue weighted by Crippen LogP contribution is 2.22. The van der Waals surface area contributed by atoms with Crippen LogP contribution in [0, 0.1) is 12.8 Å². The maximum absolute atomic E-state index is 13.3. The second-order valence-electron chi connectivity index (χ2n) is 8.98. The van der Waals surface area contributed by atoms with E-state index in [2.05, 4.69) is 4.90 Å². The van der Waals surface area contributed by atoms with Gasteiger partial charge >= 0.3 is 0 Å². The second kappa shape index (κ2) is 11.5. The minimum Gasteiger partial charge on any atom is -0.342 e. The molecule has 0 saturated carbocycles. The number of hydrogen-bond donors (Lipinski definition) is 0. The van der Waals surface area contributed by atoms with E-state index in [0.29, 0.717) is 31.7 Å². The molecule has 0 spiro atoms. The van der Waals surface area contributed by atoms with E-state index in [0.717, 1.165) is 57.5 Å². The molecule has 1 unspecified atom stereocenters. The lowest BCUT2D eigenvalue weighted by Crippen LogP contribution is -2.47. The summed E-state index contributed by atoms with van der Waals surface area (Å²) in [6.07, 6.45) is 2.56. The average Bonchev–Trinajstić information content (AvgIpc) is 3.05. The van der Waals surface area contributed by atoms with Gasteiger partial charge in [0.2, 0.25) is 11.8 Å². The monoisotopic (exact) mass is 442 g/mol. The van der Waals surface area contributed by atoms with E-state index >= 15 is 0 Å². The quantitative estimate of drug-likeness (QED) is 0.678. The Morgan fingerprint density at radius 2 is 1.59 bits per heavy atom. The first-order chi connectivity index (χ1) is 15.4. The number of benzene rings is 1. The number of likely N-dealkylation sites (tertiary alicyclic amines) is 1. The van der Waals surface area contributed by atoms with Gasteiger partial charge < -0.3 is 14.7 Å². The molecule has 7 nitrogen and oxygen atoms in total. The first-order valence-electron chi connectivity index (χ1n) is 12.1. The van der Waals surface area contributed by atoms with E-state index in [1.807, 2.05) is 59.7 Å². The lowest BCUT2D eigenvalue weighted by Gasteiger charge is -2.35. The van der Waals surface area contributed by atoms with Crippen molar-refractivity contribution in [3.63, 3.8) is 0 Å². The largest absolute Gasteiger partial charge is 0.342 e. The molecule has 0 N–H and O–H groups in total. The molecule has 176 valence electrons. The van der Waals surface area contributed by atoms with Crippen molar-refractivity contribution in [1.82, 2.24) is 19.6 Å². The minimum atomic E-state index is -0.137.